The van der Waals surface area contributed by atoms with Gasteiger partial charge in [-0.25, -0.2) is 0 Å². The highest BCUT2D eigenvalue weighted by atomic mass is 32.9. The summed E-state index contributed by atoms with van der Waals surface area (Å²) >= 11 is 5.74. The van der Waals surface area contributed by atoms with Crippen LogP contribution in [0.15, 0.2) is 12.1 Å². The number of benzene rings is 1. The van der Waals surface area contributed by atoms with Crippen LogP contribution in [0.2, 0.25) is 0 Å². The van der Waals surface area contributed by atoms with Crippen LogP contribution >= 0.6 is 32.9 Å². The zero-order valence-electron chi connectivity index (χ0n) is 22.3. The maximum Gasteiger partial charge on any atom is 0.124 e. The van der Waals surface area contributed by atoms with E-state index in [1.165, 1.54) is 41.7 Å². The summed E-state index contributed by atoms with van der Waals surface area (Å²) in [6, 6.07) is 5.13. The Morgan fingerprint density at radius 1 is 0.892 bits per heavy atom. The molecule has 2 aliphatic rings. The zero-order valence-corrected chi connectivity index (χ0v) is 24.7. The second-order valence-electron chi connectivity index (χ2n) is 10.8. The van der Waals surface area contributed by atoms with Crippen molar-refractivity contribution in [3.8, 4) is 16.2 Å². The largest absolute Gasteiger partial charge is 0.507 e. The average molecular weight is 565 g/mol. The third-order valence-electron chi connectivity index (χ3n) is 8.20. The van der Waals surface area contributed by atoms with E-state index < -0.39 is 0 Å². The van der Waals surface area contributed by atoms with E-state index in [2.05, 4.69) is 28.9 Å². The van der Waals surface area contributed by atoms with E-state index in [1.807, 2.05) is 0 Å². The number of unbranched alkanes of at least 4 members (excludes halogenated alkanes) is 1. The standard InChI is InChI=1S/C29H44N2O3S3/c1-2-3-10-26-28(36-37-29(26)35)21-17-22(19-30-13-6-4-8-24(30)11-15-32)27(34)23(18-21)20-31-14-7-5-9-25(31)12-16-33/h17-18,24-25,32-34H,2-16,19-20H2,1H3. The Hall–Kier alpha value is -0.870. The number of aromatic hydroxyl groups is 1. The molecule has 2 unspecified atom stereocenters. The molecule has 8 heteroatoms. The predicted molar refractivity (Wildman–Crippen MR) is 158 cm³/mol. The first-order valence-corrected chi connectivity index (χ1v) is 16.8. The van der Waals surface area contributed by atoms with Gasteiger partial charge >= 0.3 is 0 Å². The molecular formula is C29H44N2O3S3. The number of phenols is 1. The number of aliphatic hydroxyl groups is 2. The summed E-state index contributed by atoms with van der Waals surface area (Å²) in [5, 5.41) is 30.9. The lowest BCUT2D eigenvalue weighted by atomic mass is 9.95. The average Bonchev–Trinajstić information content (AvgIpc) is 3.27. The highest BCUT2D eigenvalue weighted by molar-refractivity contribution is 7.80. The van der Waals surface area contributed by atoms with Crippen molar-refractivity contribution in [3.05, 3.63) is 32.6 Å². The third kappa shape index (κ3) is 7.41. The molecule has 206 valence electrons. The molecule has 1 aromatic heterocycles. The normalized spacial score (nSPS) is 21.5. The van der Waals surface area contributed by atoms with Crippen LogP contribution in [0.25, 0.3) is 10.4 Å². The summed E-state index contributed by atoms with van der Waals surface area (Å²) < 4.78 is 1.00. The van der Waals surface area contributed by atoms with E-state index in [1.54, 1.807) is 20.7 Å². The third-order valence-corrected chi connectivity index (χ3v) is 11.4. The SMILES string of the molecule is CCCCc1c(-c2cc(CN3CCCCC3CCO)c(O)c(CN3CCCCC3CCO)c2)ssc1=S. The van der Waals surface area contributed by atoms with Crippen LogP contribution in [0, 0.1) is 3.82 Å². The van der Waals surface area contributed by atoms with Crippen molar-refractivity contribution in [2.24, 2.45) is 0 Å². The van der Waals surface area contributed by atoms with Crippen molar-refractivity contribution in [1.29, 1.82) is 0 Å². The van der Waals surface area contributed by atoms with Gasteiger partial charge in [0.15, 0.2) is 0 Å². The highest BCUT2D eigenvalue weighted by Gasteiger charge is 2.27. The molecule has 5 nitrogen and oxygen atoms in total. The number of phenolic OH excluding ortho intramolecular Hbond substituents is 1. The van der Waals surface area contributed by atoms with Crippen molar-refractivity contribution in [1.82, 2.24) is 9.80 Å². The molecule has 2 saturated heterocycles. The lowest BCUT2D eigenvalue weighted by molar-refractivity contribution is 0.109. The summed E-state index contributed by atoms with van der Waals surface area (Å²) in [5.41, 5.74) is 4.44. The molecule has 3 heterocycles. The van der Waals surface area contributed by atoms with Crippen molar-refractivity contribution >= 4 is 32.9 Å². The number of aliphatic hydroxyl groups excluding tert-OH is 2. The van der Waals surface area contributed by atoms with Crippen LogP contribution in [-0.2, 0) is 19.5 Å². The molecule has 0 aliphatic carbocycles. The first kappa shape index (κ1) is 29.1. The van der Waals surface area contributed by atoms with Crippen LogP contribution in [-0.4, -0.2) is 63.5 Å². The molecule has 2 atom stereocenters. The fourth-order valence-corrected chi connectivity index (χ4v) is 9.11. The molecule has 0 amide bonds. The molecule has 0 spiro atoms. The molecule has 37 heavy (non-hydrogen) atoms. The van der Waals surface area contributed by atoms with Crippen LogP contribution in [0.4, 0.5) is 0 Å². The number of rotatable bonds is 12. The van der Waals surface area contributed by atoms with Crippen LogP contribution < -0.4 is 0 Å². The molecule has 1 aromatic carbocycles. The minimum Gasteiger partial charge on any atom is -0.507 e. The van der Waals surface area contributed by atoms with Gasteiger partial charge in [-0.3, -0.25) is 9.80 Å². The molecule has 2 aliphatic heterocycles. The molecule has 3 N–H and O–H groups in total. The molecule has 4 rings (SSSR count). The molecule has 0 bridgehead atoms. The van der Waals surface area contributed by atoms with Crippen LogP contribution in [0.1, 0.15) is 87.8 Å². The van der Waals surface area contributed by atoms with E-state index in [0.29, 0.717) is 30.9 Å². The van der Waals surface area contributed by atoms with E-state index >= 15 is 0 Å². The summed E-state index contributed by atoms with van der Waals surface area (Å²) in [6.07, 6.45) is 11.8. The van der Waals surface area contributed by atoms with Crippen molar-refractivity contribution < 1.29 is 15.3 Å². The van der Waals surface area contributed by atoms with Gasteiger partial charge in [-0.05, 0) is 87.7 Å². The Balaban J connectivity index is 1.71. The second-order valence-corrected chi connectivity index (χ2v) is 13.6. The van der Waals surface area contributed by atoms with Gasteiger partial charge in [0.2, 0.25) is 0 Å². The molecule has 0 radical (unpaired) electrons. The number of nitrogens with zero attached hydrogens (tertiary/aromatic N) is 2. The number of likely N-dealkylation sites (tertiary alicyclic amines) is 2. The minimum atomic E-state index is 0.207. The van der Waals surface area contributed by atoms with Gasteiger partial charge in [0.25, 0.3) is 0 Å². The van der Waals surface area contributed by atoms with Gasteiger partial charge in [-0.1, -0.05) is 59.1 Å². The Morgan fingerprint density at radius 2 is 1.46 bits per heavy atom. The number of hydrogen-bond acceptors (Lipinski definition) is 8. The maximum absolute atomic E-state index is 11.6. The first-order valence-electron chi connectivity index (χ1n) is 14.2. The first-order chi connectivity index (χ1) is 18.0. The van der Waals surface area contributed by atoms with Gasteiger partial charge < -0.3 is 15.3 Å². The van der Waals surface area contributed by atoms with Gasteiger partial charge in [0, 0.05) is 49.5 Å². The predicted octanol–water partition coefficient (Wildman–Crippen LogP) is 6.73. The van der Waals surface area contributed by atoms with Crippen molar-refractivity contribution in [2.75, 3.05) is 26.3 Å². The molecule has 2 fully saturated rings. The number of hydrogen-bond donors (Lipinski definition) is 3. The van der Waals surface area contributed by atoms with E-state index in [4.69, 9.17) is 12.2 Å². The van der Waals surface area contributed by atoms with E-state index in [-0.39, 0.29) is 13.2 Å². The van der Waals surface area contributed by atoms with Gasteiger partial charge in [-0.2, -0.15) is 0 Å². The minimum absolute atomic E-state index is 0.207. The van der Waals surface area contributed by atoms with E-state index in [9.17, 15) is 15.3 Å². The van der Waals surface area contributed by atoms with Crippen molar-refractivity contribution in [2.45, 2.75) is 103 Å². The van der Waals surface area contributed by atoms with Gasteiger partial charge in [-0.15, -0.1) is 0 Å². The summed E-state index contributed by atoms with van der Waals surface area (Å²) in [6.45, 7) is 6.06. The quantitative estimate of drug-likeness (QED) is 0.196. The van der Waals surface area contributed by atoms with Gasteiger partial charge in [0.1, 0.15) is 9.57 Å². The summed E-state index contributed by atoms with van der Waals surface area (Å²) in [4.78, 5) is 6.19. The topological polar surface area (TPSA) is 67.2 Å². The van der Waals surface area contributed by atoms with Gasteiger partial charge in [0.05, 0.1) is 4.88 Å². The second kappa shape index (κ2) is 14.5. The maximum atomic E-state index is 11.6. The molecule has 0 saturated carbocycles. The fourth-order valence-electron chi connectivity index (χ4n) is 6.12. The van der Waals surface area contributed by atoms with E-state index in [0.717, 1.165) is 73.0 Å². The summed E-state index contributed by atoms with van der Waals surface area (Å²) in [5.74, 6) is 0.416. The smallest absolute Gasteiger partial charge is 0.124 e. The van der Waals surface area contributed by atoms with Crippen molar-refractivity contribution in [3.63, 3.8) is 0 Å². The molecular weight excluding hydrogens is 521 g/mol. The Labute approximate surface area is 235 Å². The summed E-state index contributed by atoms with van der Waals surface area (Å²) in [7, 11) is 3.47. The highest BCUT2D eigenvalue weighted by Crippen LogP contribution is 2.40. The molecule has 2 aromatic rings. The monoisotopic (exact) mass is 564 g/mol. The zero-order chi connectivity index (χ0) is 26.2. The lowest BCUT2D eigenvalue weighted by Crippen LogP contribution is -2.40. The van der Waals surface area contributed by atoms with Crippen LogP contribution in [0.5, 0.6) is 5.75 Å². The van der Waals surface area contributed by atoms with Crippen LogP contribution in [0.3, 0.4) is 0 Å². The number of piperidine rings is 2. The Morgan fingerprint density at radius 3 is 1.97 bits per heavy atom. The Kier molecular flexibility index (Phi) is 11.4. The Bertz CT molecular complexity index is 1000. The lowest BCUT2D eigenvalue weighted by Gasteiger charge is -2.37. The fraction of sp³-hybridized carbons (Fsp3) is 0.690.